The Kier molecular flexibility index (Phi) is 6.79. The van der Waals surface area contributed by atoms with E-state index < -0.39 is 10.0 Å². The van der Waals surface area contributed by atoms with Crippen molar-refractivity contribution in [2.45, 2.75) is 25.7 Å². The van der Waals surface area contributed by atoms with Crippen LogP contribution in [0.25, 0.3) is 17.1 Å². The summed E-state index contributed by atoms with van der Waals surface area (Å²) >= 11 is 0. The summed E-state index contributed by atoms with van der Waals surface area (Å²) in [5.74, 6) is 0.781. The molecule has 0 bridgehead atoms. The maximum absolute atomic E-state index is 13.2. The number of amides is 1. The standard InChI is InChI=1S/C26H29N5O3S/c32-26(21-12-17-31(18-13-21)35(33,34)19-14-20-8-2-1-3-9-20)29-24-25(30-15-6-7-16-30)28-23-11-5-4-10-22(23)27-24/h1-5,8-11,14,19,21H,6-7,12-13,15-18H2,(H,27,29,32)/b19-14+. The van der Waals surface area contributed by atoms with Crippen LogP contribution >= 0.6 is 0 Å². The largest absolute Gasteiger partial charge is 0.354 e. The van der Waals surface area contributed by atoms with Gasteiger partial charge in [-0.25, -0.2) is 18.4 Å². The Morgan fingerprint density at radius 3 is 2.20 bits per heavy atom. The Morgan fingerprint density at radius 2 is 1.51 bits per heavy atom. The maximum atomic E-state index is 13.2. The number of carbonyl (C=O) groups is 1. The van der Waals surface area contributed by atoms with E-state index in [1.807, 2.05) is 54.6 Å². The Bertz CT molecular complexity index is 1330. The predicted octanol–water partition coefficient (Wildman–Crippen LogP) is 3.88. The molecule has 2 aromatic carbocycles. The fraction of sp³-hybridized carbons (Fsp3) is 0.346. The van der Waals surface area contributed by atoms with Crippen LogP contribution in [-0.4, -0.2) is 54.8 Å². The molecule has 1 aromatic heterocycles. The molecule has 1 amide bonds. The number of carbonyl (C=O) groups excluding carboxylic acids is 1. The van der Waals surface area contributed by atoms with E-state index in [4.69, 9.17) is 9.97 Å². The molecular formula is C26H29N5O3S. The molecule has 3 heterocycles. The van der Waals surface area contributed by atoms with Gasteiger partial charge in [-0.3, -0.25) is 4.79 Å². The highest BCUT2D eigenvalue weighted by Crippen LogP contribution is 2.29. The Balaban J connectivity index is 1.26. The lowest BCUT2D eigenvalue weighted by atomic mass is 9.97. The number of piperidine rings is 1. The van der Waals surface area contributed by atoms with Crippen LogP contribution in [-0.2, 0) is 14.8 Å². The highest BCUT2D eigenvalue weighted by atomic mass is 32.2. The molecule has 2 aliphatic rings. The summed E-state index contributed by atoms with van der Waals surface area (Å²) in [5, 5.41) is 4.26. The lowest BCUT2D eigenvalue weighted by Gasteiger charge is -2.30. The molecule has 1 N–H and O–H groups in total. The fourth-order valence-corrected chi connectivity index (χ4v) is 5.85. The molecular weight excluding hydrogens is 462 g/mol. The number of sulfonamides is 1. The van der Waals surface area contributed by atoms with Gasteiger partial charge in [-0.1, -0.05) is 42.5 Å². The monoisotopic (exact) mass is 491 g/mol. The summed E-state index contributed by atoms with van der Waals surface area (Å²) in [7, 11) is -3.54. The zero-order valence-corrected chi connectivity index (χ0v) is 20.3. The molecule has 0 radical (unpaired) electrons. The maximum Gasteiger partial charge on any atom is 0.236 e. The van der Waals surface area contributed by atoms with Crippen molar-refractivity contribution in [3.8, 4) is 0 Å². The summed E-state index contributed by atoms with van der Waals surface area (Å²) in [6.45, 7) is 2.40. The lowest BCUT2D eigenvalue weighted by Crippen LogP contribution is -2.40. The van der Waals surface area contributed by atoms with Gasteiger partial charge in [-0.05, 0) is 49.5 Å². The quantitative estimate of drug-likeness (QED) is 0.562. The van der Waals surface area contributed by atoms with Crippen molar-refractivity contribution in [1.29, 1.82) is 0 Å². The van der Waals surface area contributed by atoms with E-state index in [0.29, 0.717) is 37.6 Å². The third-order valence-corrected chi connectivity index (χ3v) is 8.18. The van der Waals surface area contributed by atoms with E-state index in [1.165, 1.54) is 9.71 Å². The molecule has 5 rings (SSSR count). The molecule has 9 heteroatoms. The molecule has 2 aliphatic heterocycles. The summed E-state index contributed by atoms with van der Waals surface area (Å²) < 4.78 is 27.0. The van der Waals surface area contributed by atoms with Gasteiger partial charge in [0.2, 0.25) is 15.9 Å². The van der Waals surface area contributed by atoms with E-state index in [0.717, 1.165) is 42.5 Å². The van der Waals surface area contributed by atoms with Crippen molar-refractivity contribution in [2.24, 2.45) is 5.92 Å². The van der Waals surface area contributed by atoms with Crippen molar-refractivity contribution in [2.75, 3.05) is 36.4 Å². The van der Waals surface area contributed by atoms with Gasteiger partial charge in [0.05, 0.1) is 11.0 Å². The molecule has 0 aliphatic carbocycles. The van der Waals surface area contributed by atoms with Gasteiger partial charge in [0.25, 0.3) is 0 Å². The van der Waals surface area contributed by atoms with Crippen LogP contribution in [0.15, 0.2) is 60.0 Å². The number of hydrogen-bond donors (Lipinski definition) is 1. The average molecular weight is 492 g/mol. The van der Waals surface area contributed by atoms with Crippen LogP contribution in [0.3, 0.4) is 0 Å². The first-order chi connectivity index (χ1) is 17.0. The number of fused-ring (bicyclic) bond motifs is 1. The van der Waals surface area contributed by atoms with Crippen LogP contribution < -0.4 is 10.2 Å². The van der Waals surface area contributed by atoms with Crippen LogP contribution in [0.1, 0.15) is 31.2 Å². The third kappa shape index (κ3) is 5.36. The van der Waals surface area contributed by atoms with Crippen molar-refractivity contribution in [1.82, 2.24) is 14.3 Å². The van der Waals surface area contributed by atoms with Gasteiger partial charge in [-0.15, -0.1) is 0 Å². The molecule has 35 heavy (non-hydrogen) atoms. The second-order valence-corrected chi connectivity index (χ2v) is 10.8. The van der Waals surface area contributed by atoms with E-state index in [-0.39, 0.29) is 11.8 Å². The molecule has 2 saturated heterocycles. The van der Waals surface area contributed by atoms with Crippen molar-refractivity contribution >= 4 is 44.7 Å². The van der Waals surface area contributed by atoms with Crippen LogP contribution in [0, 0.1) is 5.92 Å². The van der Waals surface area contributed by atoms with Crippen molar-refractivity contribution in [3.05, 3.63) is 65.6 Å². The third-order valence-electron chi connectivity index (χ3n) is 6.62. The molecule has 182 valence electrons. The SMILES string of the molecule is O=C(Nc1nc2ccccc2nc1N1CCCC1)C1CCN(S(=O)(=O)/C=C/c2ccccc2)CC1. The number of nitrogens with zero attached hydrogens (tertiary/aromatic N) is 4. The first kappa shape index (κ1) is 23.4. The number of rotatable bonds is 6. The smallest absolute Gasteiger partial charge is 0.236 e. The second-order valence-electron chi connectivity index (χ2n) is 9.00. The average Bonchev–Trinajstić information content (AvgIpc) is 3.43. The number of benzene rings is 2. The Labute approximate surface area is 205 Å². The zero-order chi connectivity index (χ0) is 24.3. The first-order valence-electron chi connectivity index (χ1n) is 12.1. The Morgan fingerprint density at radius 1 is 0.886 bits per heavy atom. The molecule has 0 unspecified atom stereocenters. The molecule has 8 nitrogen and oxygen atoms in total. The van der Waals surface area contributed by atoms with Gasteiger partial charge in [0.1, 0.15) is 0 Å². The lowest BCUT2D eigenvalue weighted by molar-refractivity contribution is -0.120. The molecule has 0 spiro atoms. The minimum atomic E-state index is -3.54. The molecule has 0 atom stereocenters. The predicted molar refractivity (Wildman–Crippen MR) is 138 cm³/mol. The normalized spacial score (nSPS) is 17.9. The van der Waals surface area contributed by atoms with E-state index in [9.17, 15) is 13.2 Å². The summed E-state index contributed by atoms with van der Waals surface area (Å²) in [5.41, 5.74) is 2.36. The van der Waals surface area contributed by atoms with E-state index in [2.05, 4.69) is 10.2 Å². The minimum absolute atomic E-state index is 0.132. The molecule has 0 saturated carbocycles. The number of nitrogens with one attached hydrogen (secondary N) is 1. The van der Waals surface area contributed by atoms with E-state index >= 15 is 0 Å². The van der Waals surface area contributed by atoms with Crippen LogP contribution in [0.2, 0.25) is 0 Å². The van der Waals surface area contributed by atoms with Gasteiger partial charge in [0, 0.05) is 37.5 Å². The number of anilines is 2. The Hall–Kier alpha value is -3.30. The number of hydrogen-bond acceptors (Lipinski definition) is 6. The first-order valence-corrected chi connectivity index (χ1v) is 13.6. The highest BCUT2D eigenvalue weighted by Gasteiger charge is 2.31. The van der Waals surface area contributed by atoms with Gasteiger partial charge in [0.15, 0.2) is 11.6 Å². The number of para-hydroxylation sites is 2. The van der Waals surface area contributed by atoms with Gasteiger partial charge < -0.3 is 10.2 Å². The number of aromatic nitrogens is 2. The zero-order valence-electron chi connectivity index (χ0n) is 19.5. The van der Waals surface area contributed by atoms with Crippen LogP contribution in [0.4, 0.5) is 11.6 Å². The highest BCUT2D eigenvalue weighted by molar-refractivity contribution is 7.92. The van der Waals surface area contributed by atoms with Gasteiger partial charge >= 0.3 is 0 Å². The van der Waals surface area contributed by atoms with Crippen molar-refractivity contribution < 1.29 is 13.2 Å². The summed E-state index contributed by atoms with van der Waals surface area (Å²) in [6, 6.07) is 17.0. The second kappa shape index (κ2) is 10.1. The summed E-state index contributed by atoms with van der Waals surface area (Å²) in [4.78, 5) is 24.8. The fourth-order valence-electron chi connectivity index (χ4n) is 4.63. The van der Waals surface area contributed by atoms with E-state index in [1.54, 1.807) is 6.08 Å². The van der Waals surface area contributed by atoms with Crippen molar-refractivity contribution in [3.63, 3.8) is 0 Å². The van der Waals surface area contributed by atoms with Gasteiger partial charge in [-0.2, -0.15) is 4.31 Å². The molecule has 2 fully saturated rings. The summed E-state index contributed by atoms with van der Waals surface area (Å²) in [6.07, 6.45) is 4.71. The topological polar surface area (TPSA) is 95.5 Å². The molecule has 3 aromatic rings. The minimum Gasteiger partial charge on any atom is -0.354 e. The van der Waals surface area contributed by atoms with Crippen LogP contribution in [0.5, 0.6) is 0 Å².